The Morgan fingerprint density at radius 1 is 0.512 bits per heavy atom. The first-order valence-electron chi connectivity index (χ1n) is 13.3. The molecule has 0 aliphatic carbocycles. The number of nitrogens with zero attached hydrogens (tertiary/aromatic N) is 6. The third kappa shape index (κ3) is 4.49. The van der Waals surface area contributed by atoms with Crippen LogP contribution in [0.1, 0.15) is 0 Å². The first-order chi connectivity index (χ1) is 20.2. The van der Waals surface area contributed by atoms with E-state index in [1.165, 1.54) is 0 Å². The van der Waals surface area contributed by atoms with Gasteiger partial charge in [0.05, 0.1) is 11.0 Å². The molecule has 0 atom stereocenters. The molecule has 0 aliphatic rings. The van der Waals surface area contributed by atoms with Gasteiger partial charge in [-0.3, -0.25) is 4.57 Å². The van der Waals surface area contributed by atoms with Crippen molar-refractivity contribution in [2.75, 3.05) is 0 Å². The molecular weight excluding hydrogens is 508 g/mol. The van der Waals surface area contributed by atoms with Gasteiger partial charge in [0, 0.05) is 29.9 Å². The standard InChI is InChI=1S/C34H24N6O/c1-39-28-20-19-27(22-29(28)40(34(39)41)30-14-8-9-21-35-30)23-15-17-26(18-16-23)33-37-31(24-10-4-2-5-11-24)36-32(38-33)25-12-6-3-7-13-25/h2-22H,1H3. The number of aromatic nitrogens is 6. The summed E-state index contributed by atoms with van der Waals surface area (Å²) in [7, 11) is 1.78. The summed E-state index contributed by atoms with van der Waals surface area (Å²) in [6, 6.07) is 39.6. The van der Waals surface area contributed by atoms with Crippen molar-refractivity contribution >= 4 is 11.0 Å². The maximum atomic E-state index is 13.1. The molecular formula is C34H24N6O. The maximum absolute atomic E-state index is 13.1. The van der Waals surface area contributed by atoms with Crippen LogP contribution in [-0.2, 0) is 7.05 Å². The van der Waals surface area contributed by atoms with E-state index in [1.54, 1.807) is 22.4 Å². The number of fused-ring (bicyclic) bond motifs is 1. The Labute approximate surface area is 236 Å². The molecule has 0 bridgehead atoms. The number of pyridine rings is 1. The number of aryl methyl sites for hydroxylation is 1. The summed E-state index contributed by atoms with van der Waals surface area (Å²) in [6.07, 6.45) is 1.69. The van der Waals surface area contributed by atoms with Gasteiger partial charge in [0.25, 0.3) is 0 Å². The predicted octanol–water partition coefficient (Wildman–Crippen LogP) is 6.58. The molecule has 0 spiro atoms. The molecule has 7 nitrogen and oxygen atoms in total. The average Bonchev–Trinajstić information content (AvgIpc) is 3.30. The summed E-state index contributed by atoms with van der Waals surface area (Å²) in [4.78, 5) is 31.9. The molecule has 0 saturated heterocycles. The summed E-state index contributed by atoms with van der Waals surface area (Å²) in [5.74, 6) is 2.45. The molecule has 7 rings (SSSR count). The number of hydrogen-bond donors (Lipinski definition) is 0. The minimum Gasteiger partial charge on any atom is -0.295 e. The van der Waals surface area contributed by atoms with Crippen LogP contribution in [0.2, 0.25) is 0 Å². The topological polar surface area (TPSA) is 78.5 Å². The lowest BCUT2D eigenvalue weighted by Gasteiger charge is -2.09. The zero-order valence-corrected chi connectivity index (χ0v) is 22.2. The van der Waals surface area contributed by atoms with E-state index in [1.807, 2.05) is 109 Å². The van der Waals surface area contributed by atoms with Gasteiger partial charge < -0.3 is 0 Å². The van der Waals surface area contributed by atoms with Gasteiger partial charge >= 0.3 is 5.69 Å². The molecule has 4 aromatic carbocycles. The second kappa shape index (κ2) is 10.1. The van der Waals surface area contributed by atoms with E-state index in [0.29, 0.717) is 23.3 Å². The SMILES string of the molecule is Cn1c(=O)n(-c2ccccn2)c2cc(-c3ccc(-c4nc(-c5ccccc5)nc(-c5ccccc5)n4)cc3)ccc21. The molecule has 0 saturated carbocycles. The average molecular weight is 533 g/mol. The molecule has 196 valence electrons. The third-order valence-electron chi connectivity index (χ3n) is 7.11. The molecule has 0 N–H and O–H groups in total. The Morgan fingerprint density at radius 3 is 1.59 bits per heavy atom. The van der Waals surface area contributed by atoms with E-state index in [4.69, 9.17) is 15.0 Å². The fraction of sp³-hybridized carbons (Fsp3) is 0.0294. The zero-order chi connectivity index (χ0) is 27.8. The molecule has 0 radical (unpaired) electrons. The lowest BCUT2D eigenvalue weighted by Crippen LogP contribution is -2.21. The Hall–Kier alpha value is -5.69. The van der Waals surface area contributed by atoms with Crippen LogP contribution in [0.5, 0.6) is 0 Å². The minimum atomic E-state index is -0.135. The van der Waals surface area contributed by atoms with E-state index in [9.17, 15) is 4.79 Å². The van der Waals surface area contributed by atoms with Gasteiger partial charge in [0.1, 0.15) is 5.82 Å². The van der Waals surface area contributed by atoms with Crippen LogP contribution in [0.15, 0.2) is 132 Å². The van der Waals surface area contributed by atoms with Crippen LogP contribution < -0.4 is 5.69 Å². The minimum absolute atomic E-state index is 0.135. The molecule has 0 fully saturated rings. The molecule has 0 unspecified atom stereocenters. The van der Waals surface area contributed by atoms with Crippen LogP contribution in [0, 0.1) is 0 Å². The van der Waals surface area contributed by atoms with Crippen molar-refractivity contribution in [1.82, 2.24) is 29.1 Å². The van der Waals surface area contributed by atoms with E-state index in [2.05, 4.69) is 17.1 Å². The van der Waals surface area contributed by atoms with Gasteiger partial charge in [0.15, 0.2) is 17.5 Å². The lowest BCUT2D eigenvalue weighted by atomic mass is 10.0. The van der Waals surface area contributed by atoms with Crippen molar-refractivity contribution in [3.8, 4) is 51.1 Å². The molecule has 3 heterocycles. The Balaban J connectivity index is 1.30. The molecule has 0 amide bonds. The summed E-state index contributed by atoms with van der Waals surface area (Å²) >= 11 is 0. The van der Waals surface area contributed by atoms with Crippen LogP contribution in [0.25, 0.3) is 62.1 Å². The normalized spacial score (nSPS) is 11.1. The summed E-state index contributed by atoms with van der Waals surface area (Å²) in [5.41, 5.74) is 6.26. The highest BCUT2D eigenvalue weighted by Crippen LogP contribution is 2.29. The van der Waals surface area contributed by atoms with E-state index < -0.39 is 0 Å². The second-order valence-corrected chi connectivity index (χ2v) is 9.68. The van der Waals surface area contributed by atoms with Crippen LogP contribution in [0.4, 0.5) is 0 Å². The van der Waals surface area contributed by atoms with Crippen molar-refractivity contribution in [3.05, 3.63) is 138 Å². The summed E-state index contributed by atoms with van der Waals surface area (Å²) < 4.78 is 3.29. The maximum Gasteiger partial charge on any atom is 0.334 e. The molecule has 0 aliphatic heterocycles. The van der Waals surface area contributed by atoms with Gasteiger partial charge in [-0.05, 0) is 35.4 Å². The first-order valence-corrected chi connectivity index (χ1v) is 13.3. The summed E-state index contributed by atoms with van der Waals surface area (Å²) in [6.45, 7) is 0. The highest BCUT2D eigenvalue weighted by molar-refractivity contribution is 5.84. The van der Waals surface area contributed by atoms with Gasteiger partial charge in [-0.1, -0.05) is 97.1 Å². The monoisotopic (exact) mass is 532 g/mol. The van der Waals surface area contributed by atoms with Crippen molar-refractivity contribution in [1.29, 1.82) is 0 Å². The lowest BCUT2D eigenvalue weighted by molar-refractivity contribution is 0.834. The van der Waals surface area contributed by atoms with E-state index in [0.717, 1.165) is 38.9 Å². The number of imidazole rings is 1. The number of hydrogen-bond acceptors (Lipinski definition) is 5. The zero-order valence-electron chi connectivity index (χ0n) is 22.2. The van der Waals surface area contributed by atoms with Crippen LogP contribution in [-0.4, -0.2) is 29.1 Å². The van der Waals surface area contributed by atoms with Crippen molar-refractivity contribution in [2.24, 2.45) is 7.05 Å². The van der Waals surface area contributed by atoms with E-state index >= 15 is 0 Å². The van der Waals surface area contributed by atoms with E-state index in [-0.39, 0.29) is 5.69 Å². The Morgan fingerprint density at radius 2 is 1.02 bits per heavy atom. The fourth-order valence-corrected chi connectivity index (χ4v) is 4.98. The molecule has 7 aromatic rings. The molecule has 3 aromatic heterocycles. The Kier molecular flexibility index (Phi) is 6.02. The van der Waals surface area contributed by atoms with Gasteiger partial charge in [-0.15, -0.1) is 0 Å². The van der Waals surface area contributed by atoms with Crippen LogP contribution >= 0.6 is 0 Å². The number of benzene rings is 4. The van der Waals surface area contributed by atoms with Gasteiger partial charge in [-0.25, -0.2) is 29.3 Å². The smallest absolute Gasteiger partial charge is 0.295 e. The number of rotatable bonds is 5. The Bertz CT molecular complexity index is 1990. The van der Waals surface area contributed by atoms with Gasteiger partial charge in [-0.2, -0.15) is 0 Å². The van der Waals surface area contributed by atoms with Crippen molar-refractivity contribution in [2.45, 2.75) is 0 Å². The summed E-state index contributed by atoms with van der Waals surface area (Å²) in [5, 5.41) is 0. The van der Waals surface area contributed by atoms with Gasteiger partial charge in [0.2, 0.25) is 0 Å². The highest BCUT2D eigenvalue weighted by atomic mass is 16.1. The molecule has 41 heavy (non-hydrogen) atoms. The van der Waals surface area contributed by atoms with Crippen molar-refractivity contribution < 1.29 is 0 Å². The second-order valence-electron chi connectivity index (χ2n) is 9.68. The largest absolute Gasteiger partial charge is 0.334 e. The third-order valence-corrected chi connectivity index (χ3v) is 7.11. The quantitative estimate of drug-likeness (QED) is 0.250. The van der Waals surface area contributed by atoms with Crippen LogP contribution in [0.3, 0.4) is 0 Å². The molecule has 7 heteroatoms. The fourth-order valence-electron chi connectivity index (χ4n) is 4.98. The predicted molar refractivity (Wildman–Crippen MR) is 161 cm³/mol. The highest BCUT2D eigenvalue weighted by Gasteiger charge is 2.15. The first kappa shape index (κ1) is 24.4. The van der Waals surface area contributed by atoms with Crippen molar-refractivity contribution in [3.63, 3.8) is 0 Å².